The highest BCUT2D eigenvalue weighted by Crippen LogP contribution is 2.38. The molecule has 1 heterocycles. The van der Waals surface area contributed by atoms with Crippen molar-refractivity contribution in [1.82, 2.24) is 9.78 Å². The second kappa shape index (κ2) is 2.56. The summed E-state index contributed by atoms with van der Waals surface area (Å²) in [4.78, 5) is 0. The summed E-state index contributed by atoms with van der Waals surface area (Å²) in [6, 6.07) is 0. The van der Waals surface area contributed by atoms with E-state index < -0.39 is 5.54 Å². The number of aliphatic hydroxyl groups is 1. The Hall–Kier alpha value is -0.870. The van der Waals surface area contributed by atoms with Crippen molar-refractivity contribution in [3.05, 3.63) is 17.5 Å². The molecule has 0 saturated carbocycles. The van der Waals surface area contributed by atoms with E-state index in [9.17, 15) is 5.11 Å². The van der Waals surface area contributed by atoms with Gasteiger partial charge in [0.05, 0.1) is 18.3 Å². The van der Waals surface area contributed by atoms with Crippen molar-refractivity contribution in [3.63, 3.8) is 0 Å². The van der Waals surface area contributed by atoms with Crippen molar-refractivity contribution in [3.8, 4) is 0 Å². The lowest BCUT2D eigenvalue weighted by atomic mass is 9.87. The zero-order valence-electron chi connectivity index (χ0n) is 7.99. The van der Waals surface area contributed by atoms with Gasteiger partial charge in [-0.15, -0.1) is 0 Å². The van der Waals surface area contributed by atoms with E-state index in [2.05, 4.69) is 12.0 Å². The number of rotatable bonds is 1. The van der Waals surface area contributed by atoms with E-state index in [0.717, 1.165) is 17.7 Å². The Balaban J connectivity index is 2.52. The highest BCUT2D eigenvalue weighted by Gasteiger charge is 2.42. The highest BCUT2D eigenvalue weighted by atomic mass is 16.3. The van der Waals surface area contributed by atoms with Gasteiger partial charge in [0, 0.05) is 18.3 Å². The molecule has 2 unspecified atom stereocenters. The molecule has 1 aliphatic carbocycles. The fraction of sp³-hybridized carbons (Fsp3) is 0.667. The molecule has 0 spiro atoms. The monoisotopic (exact) mass is 181 g/mol. The summed E-state index contributed by atoms with van der Waals surface area (Å²) in [6.07, 6.45) is 2.68. The van der Waals surface area contributed by atoms with E-state index in [-0.39, 0.29) is 12.5 Å². The van der Waals surface area contributed by atoms with Crippen molar-refractivity contribution in [2.45, 2.75) is 18.9 Å². The van der Waals surface area contributed by atoms with E-state index in [1.165, 1.54) is 0 Å². The van der Waals surface area contributed by atoms with Crippen molar-refractivity contribution in [1.29, 1.82) is 0 Å². The van der Waals surface area contributed by atoms with Crippen LogP contribution in [0.15, 0.2) is 6.20 Å². The maximum atomic E-state index is 9.29. The maximum Gasteiger partial charge on any atom is 0.0707 e. The van der Waals surface area contributed by atoms with E-state index in [1.54, 1.807) is 6.20 Å². The van der Waals surface area contributed by atoms with Crippen molar-refractivity contribution >= 4 is 0 Å². The first-order valence-corrected chi connectivity index (χ1v) is 4.50. The topological polar surface area (TPSA) is 64.1 Å². The first-order chi connectivity index (χ1) is 6.09. The minimum Gasteiger partial charge on any atom is -0.394 e. The Kier molecular flexibility index (Phi) is 1.72. The van der Waals surface area contributed by atoms with Gasteiger partial charge in [0.15, 0.2) is 0 Å². The molecule has 2 rings (SSSR count). The molecule has 0 amide bonds. The summed E-state index contributed by atoms with van der Waals surface area (Å²) in [6.45, 7) is 2.06. The highest BCUT2D eigenvalue weighted by molar-refractivity contribution is 5.34. The molecule has 1 aromatic rings. The number of nitrogens with two attached hydrogens (primary N) is 1. The number of hydrogen-bond acceptors (Lipinski definition) is 3. The molecular formula is C9H15N3O. The van der Waals surface area contributed by atoms with Crippen LogP contribution in [-0.4, -0.2) is 21.5 Å². The second-order valence-corrected chi connectivity index (χ2v) is 3.93. The smallest absolute Gasteiger partial charge is 0.0707 e. The summed E-state index contributed by atoms with van der Waals surface area (Å²) >= 11 is 0. The predicted molar refractivity (Wildman–Crippen MR) is 49.0 cm³/mol. The van der Waals surface area contributed by atoms with Gasteiger partial charge in [-0.05, 0) is 12.3 Å². The number of fused-ring (bicyclic) bond motifs is 1. The third-order valence-electron chi connectivity index (χ3n) is 3.20. The van der Waals surface area contributed by atoms with Crippen LogP contribution in [0.3, 0.4) is 0 Å². The standard InChI is InChI=1S/C9H15N3O/c1-6-3-8-7(4-11-12(8)2)9(6,10)5-13/h4,6,13H,3,5,10H2,1-2H3. The van der Waals surface area contributed by atoms with Gasteiger partial charge in [0.2, 0.25) is 0 Å². The summed E-state index contributed by atoms with van der Waals surface area (Å²) in [5.41, 5.74) is 7.70. The molecule has 4 nitrogen and oxygen atoms in total. The van der Waals surface area contributed by atoms with Gasteiger partial charge in [0.25, 0.3) is 0 Å². The van der Waals surface area contributed by atoms with Crippen LogP contribution in [0.5, 0.6) is 0 Å². The molecule has 3 N–H and O–H groups in total. The van der Waals surface area contributed by atoms with Crippen LogP contribution in [0.2, 0.25) is 0 Å². The van der Waals surface area contributed by atoms with Gasteiger partial charge in [-0.3, -0.25) is 4.68 Å². The molecule has 0 aliphatic heterocycles. The predicted octanol–water partition coefficient (Wildman–Crippen LogP) is -0.241. The van der Waals surface area contributed by atoms with Crippen LogP contribution in [0, 0.1) is 5.92 Å². The second-order valence-electron chi connectivity index (χ2n) is 3.93. The van der Waals surface area contributed by atoms with Crippen LogP contribution >= 0.6 is 0 Å². The fourth-order valence-corrected chi connectivity index (χ4v) is 2.07. The molecule has 72 valence electrons. The molecule has 0 bridgehead atoms. The molecule has 0 radical (unpaired) electrons. The van der Waals surface area contributed by atoms with Crippen molar-refractivity contribution in [2.75, 3.05) is 6.61 Å². The normalized spacial score (nSPS) is 32.2. The Morgan fingerprint density at radius 2 is 2.54 bits per heavy atom. The largest absolute Gasteiger partial charge is 0.394 e. The molecule has 4 heteroatoms. The van der Waals surface area contributed by atoms with Crippen LogP contribution in [-0.2, 0) is 19.0 Å². The Morgan fingerprint density at radius 1 is 1.85 bits per heavy atom. The average molecular weight is 181 g/mol. The van der Waals surface area contributed by atoms with E-state index in [0.29, 0.717) is 0 Å². The van der Waals surface area contributed by atoms with Crippen LogP contribution < -0.4 is 5.73 Å². The molecule has 2 atom stereocenters. The third-order valence-corrected chi connectivity index (χ3v) is 3.20. The van der Waals surface area contributed by atoms with Gasteiger partial charge in [-0.1, -0.05) is 6.92 Å². The molecule has 0 fully saturated rings. The zero-order chi connectivity index (χ0) is 9.64. The maximum absolute atomic E-state index is 9.29. The lowest BCUT2D eigenvalue weighted by Crippen LogP contribution is -2.43. The third kappa shape index (κ3) is 0.957. The number of aromatic nitrogens is 2. The fourth-order valence-electron chi connectivity index (χ4n) is 2.07. The van der Waals surface area contributed by atoms with Gasteiger partial charge >= 0.3 is 0 Å². The molecule has 13 heavy (non-hydrogen) atoms. The number of nitrogens with zero attached hydrogens (tertiary/aromatic N) is 2. The van der Waals surface area contributed by atoms with Gasteiger partial charge in [0.1, 0.15) is 0 Å². The summed E-state index contributed by atoms with van der Waals surface area (Å²) in [7, 11) is 1.91. The van der Waals surface area contributed by atoms with Crippen LogP contribution in [0.1, 0.15) is 18.2 Å². The lowest BCUT2D eigenvalue weighted by Gasteiger charge is -2.26. The number of aryl methyl sites for hydroxylation is 1. The average Bonchev–Trinajstić information content (AvgIpc) is 2.57. The minimum absolute atomic E-state index is 0.00708. The first-order valence-electron chi connectivity index (χ1n) is 4.50. The Labute approximate surface area is 77.4 Å². The molecule has 1 aromatic heterocycles. The van der Waals surface area contributed by atoms with Crippen molar-refractivity contribution in [2.24, 2.45) is 18.7 Å². The first kappa shape index (κ1) is 8.72. The van der Waals surface area contributed by atoms with E-state index in [4.69, 9.17) is 5.73 Å². The minimum atomic E-state index is -0.580. The summed E-state index contributed by atoms with van der Waals surface area (Å²) in [5, 5.41) is 13.4. The van der Waals surface area contributed by atoms with Gasteiger partial charge in [-0.25, -0.2) is 0 Å². The lowest BCUT2D eigenvalue weighted by molar-refractivity contribution is 0.159. The SMILES string of the molecule is CC1Cc2c(cnn2C)C1(N)CO. The zero-order valence-corrected chi connectivity index (χ0v) is 7.99. The van der Waals surface area contributed by atoms with Crippen molar-refractivity contribution < 1.29 is 5.11 Å². The van der Waals surface area contributed by atoms with Gasteiger partial charge in [-0.2, -0.15) is 5.10 Å². The van der Waals surface area contributed by atoms with E-state index in [1.807, 2.05) is 11.7 Å². The quantitative estimate of drug-likeness (QED) is 0.628. The van der Waals surface area contributed by atoms with Crippen LogP contribution in [0.25, 0.3) is 0 Å². The Bertz CT molecular complexity index is 334. The van der Waals surface area contributed by atoms with Crippen LogP contribution in [0.4, 0.5) is 0 Å². The molecular weight excluding hydrogens is 166 g/mol. The summed E-state index contributed by atoms with van der Waals surface area (Å²) < 4.78 is 1.84. The molecule has 0 saturated heterocycles. The van der Waals surface area contributed by atoms with Gasteiger partial charge < -0.3 is 10.8 Å². The molecule has 1 aliphatic rings. The number of hydrogen-bond donors (Lipinski definition) is 2. The molecule has 0 aromatic carbocycles. The van der Waals surface area contributed by atoms with E-state index >= 15 is 0 Å². The summed E-state index contributed by atoms with van der Waals surface area (Å²) in [5.74, 6) is 0.289. The Morgan fingerprint density at radius 3 is 3.15 bits per heavy atom. The number of aliphatic hydroxyl groups excluding tert-OH is 1.